The third-order valence-electron chi connectivity index (χ3n) is 6.27. The van der Waals surface area contributed by atoms with Crippen molar-refractivity contribution in [3.63, 3.8) is 0 Å². The van der Waals surface area contributed by atoms with Crippen LogP contribution in [0.5, 0.6) is 0 Å². The number of imidazole rings is 1. The molecule has 2 aromatic carbocycles. The number of carbonyl (C=O) groups excluding carboxylic acids is 1. The minimum Gasteiger partial charge on any atom is -0.356 e. The van der Waals surface area contributed by atoms with Crippen LogP contribution in [0, 0.1) is 5.92 Å². The number of nitrogens with zero attached hydrogens (tertiary/aromatic N) is 2. The molecule has 0 atom stereocenters. The number of carbonyl (C=O) groups is 1. The summed E-state index contributed by atoms with van der Waals surface area (Å²) in [6, 6.07) is 19.0. The van der Waals surface area contributed by atoms with Crippen LogP contribution in [-0.4, -0.2) is 22.0 Å². The summed E-state index contributed by atoms with van der Waals surface area (Å²) in [6.07, 6.45) is 10.1. The van der Waals surface area contributed by atoms with Crippen LogP contribution in [0.15, 0.2) is 54.6 Å². The number of amides is 1. The van der Waals surface area contributed by atoms with Gasteiger partial charge in [-0.15, -0.1) is 0 Å². The second kappa shape index (κ2) is 10.4. The number of nitrogens with one attached hydrogen (secondary N) is 1. The van der Waals surface area contributed by atoms with Gasteiger partial charge in [-0.05, 0) is 43.4 Å². The van der Waals surface area contributed by atoms with Crippen molar-refractivity contribution >= 4 is 16.9 Å². The Balaban J connectivity index is 1.28. The van der Waals surface area contributed by atoms with Crippen LogP contribution in [0.1, 0.15) is 62.8 Å². The highest BCUT2D eigenvalue weighted by molar-refractivity contribution is 5.78. The van der Waals surface area contributed by atoms with E-state index in [1.165, 1.54) is 30.3 Å². The number of hydrogen-bond donors (Lipinski definition) is 1. The van der Waals surface area contributed by atoms with E-state index >= 15 is 0 Å². The third-order valence-corrected chi connectivity index (χ3v) is 6.27. The lowest BCUT2D eigenvalue weighted by atomic mass is 9.89. The second-order valence-electron chi connectivity index (χ2n) is 8.53. The summed E-state index contributed by atoms with van der Waals surface area (Å²) in [5, 5.41) is 3.16. The summed E-state index contributed by atoms with van der Waals surface area (Å²) >= 11 is 0. The predicted molar refractivity (Wildman–Crippen MR) is 122 cm³/mol. The van der Waals surface area contributed by atoms with Crippen LogP contribution >= 0.6 is 0 Å². The van der Waals surface area contributed by atoms with Gasteiger partial charge in [-0.1, -0.05) is 68.1 Å². The minimum atomic E-state index is 0.261. The Morgan fingerprint density at radius 1 is 0.933 bits per heavy atom. The maximum atomic E-state index is 12.2. The molecule has 4 nitrogen and oxygen atoms in total. The Morgan fingerprint density at radius 3 is 2.53 bits per heavy atom. The minimum absolute atomic E-state index is 0.261. The SMILES string of the molecule is O=C(NCCCCCc1nc2ccccc2n1Cc1ccccc1)C1CCCCC1. The number of rotatable bonds is 9. The Kier molecular flexibility index (Phi) is 7.17. The fraction of sp³-hybridized carbons (Fsp3) is 0.462. The summed E-state index contributed by atoms with van der Waals surface area (Å²) in [7, 11) is 0. The summed E-state index contributed by atoms with van der Waals surface area (Å²) in [6.45, 7) is 1.66. The van der Waals surface area contributed by atoms with Crippen LogP contribution < -0.4 is 5.32 Å². The molecule has 1 aromatic heterocycles. The van der Waals surface area contributed by atoms with Crippen molar-refractivity contribution in [1.29, 1.82) is 0 Å². The van der Waals surface area contributed by atoms with Gasteiger partial charge >= 0.3 is 0 Å². The molecule has 0 bridgehead atoms. The molecule has 4 rings (SSSR count). The molecule has 1 amide bonds. The number of hydrogen-bond acceptors (Lipinski definition) is 2. The van der Waals surface area contributed by atoms with Gasteiger partial charge in [0.2, 0.25) is 5.91 Å². The molecule has 0 radical (unpaired) electrons. The Labute approximate surface area is 179 Å². The van der Waals surface area contributed by atoms with Crippen LogP contribution in [-0.2, 0) is 17.8 Å². The third kappa shape index (κ3) is 5.29. The number of unbranched alkanes of at least 4 members (excludes halogenated alkanes) is 2. The second-order valence-corrected chi connectivity index (χ2v) is 8.53. The van der Waals surface area contributed by atoms with E-state index in [4.69, 9.17) is 4.98 Å². The molecule has 1 saturated carbocycles. The Morgan fingerprint density at radius 2 is 1.70 bits per heavy atom. The smallest absolute Gasteiger partial charge is 0.223 e. The quantitative estimate of drug-likeness (QED) is 0.480. The highest BCUT2D eigenvalue weighted by atomic mass is 16.1. The molecule has 0 spiro atoms. The van der Waals surface area contributed by atoms with Gasteiger partial charge in [0, 0.05) is 25.4 Å². The molecule has 1 aliphatic rings. The van der Waals surface area contributed by atoms with Crippen molar-refractivity contribution in [1.82, 2.24) is 14.9 Å². The molecule has 158 valence electrons. The van der Waals surface area contributed by atoms with Gasteiger partial charge in [-0.25, -0.2) is 4.98 Å². The standard InChI is InChI=1S/C26H33N3O/c30-26(22-14-6-2-7-15-22)27-19-11-3-8-18-25-28-23-16-9-10-17-24(23)29(25)20-21-12-4-1-5-13-21/h1,4-5,9-10,12-13,16-17,22H,2-3,6-8,11,14-15,18-20H2,(H,27,30). The predicted octanol–water partition coefficient (Wildman–Crippen LogP) is 5.49. The first-order valence-corrected chi connectivity index (χ1v) is 11.6. The maximum absolute atomic E-state index is 12.2. The molecule has 0 unspecified atom stereocenters. The van der Waals surface area contributed by atoms with Crippen LogP contribution in [0.25, 0.3) is 11.0 Å². The van der Waals surface area contributed by atoms with Crippen LogP contribution in [0.4, 0.5) is 0 Å². The molecular weight excluding hydrogens is 370 g/mol. The molecule has 1 N–H and O–H groups in total. The van der Waals surface area contributed by atoms with E-state index < -0.39 is 0 Å². The zero-order valence-corrected chi connectivity index (χ0v) is 17.9. The molecule has 0 aliphatic heterocycles. The van der Waals surface area contributed by atoms with Gasteiger partial charge in [0.25, 0.3) is 0 Å². The first-order valence-electron chi connectivity index (χ1n) is 11.6. The van der Waals surface area contributed by atoms with Gasteiger partial charge in [0.15, 0.2) is 0 Å². The van der Waals surface area contributed by atoms with Crippen molar-refractivity contribution < 1.29 is 4.79 Å². The van der Waals surface area contributed by atoms with E-state index in [1.54, 1.807) is 0 Å². The normalized spacial score (nSPS) is 14.8. The fourth-order valence-corrected chi connectivity index (χ4v) is 4.56. The van der Waals surface area contributed by atoms with Crippen molar-refractivity contribution in [2.45, 2.75) is 64.3 Å². The van der Waals surface area contributed by atoms with Gasteiger partial charge in [0.1, 0.15) is 5.82 Å². The number of aryl methyl sites for hydroxylation is 1. The first-order chi connectivity index (χ1) is 14.8. The lowest BCUT2D eigenvalue weighted by molar-refractivity contribution is -0.125. The van der Waals surface area contributed by atoms with E-state index in [9.17, 15) is 4.79 Å². The van der Waals surface area contributed by atoms with E-state index in [2.05, 4.69) is 64.5 Å². The van der Waals surface area contributed by atoms with E-state index in [-0.39, 0.29) is 11.8 Å². The molecule has 1 aliphatic carbocycles. The zero-order chi connectivity index (χ0) is 20.6. The van der Waals surface area contributed by atoms with E-state index in [0.717, 1.165) is 63.0 Å². The molecule has 3 aromatic rings. The molecule has 1 fully saturated rings. The summed E-state index contributed by atoms with van der Waals surface area (Å²) in [4.78, 5) is 17.2. The van der Waals surface area contributed by atoms with Crippen molar-refractivity contribution in [3.8, 4) is 0 Å². The zero-order valence-electron chi connectivity index (χ0n) is 17.9. The first kappa shape index (κ1) is 20.6. The van der Waals surface area contributed by atoms with Gasteiger partial charge in [0.05, 0.1) is 11.0 Å². The lowest BCUT2D eigenvalue weighted by Crippen LogP contribution is -2.32. The van der Waals surface area contributed by atoms with Crippen LogP contribution in [0.2, 0.25) is 0 Å². The monoisotopic (exact) mass is 403 g/mol. The van der Waals surface area contributed by atoms with E-state index in [0.29, 0.717) is 0 Å². The molecule has 1 heterocycles. The number of benzene rings is 2. The molecule has 0 saturated heterocycles. The highest BCUT2D eigenvalue weighted by Crippen LogP contribution is 2.23. The highest BCUT2D eigenvalue weighted by Gasteiger charge is 2.20. The number of fused-ring (bicyclic) bond motifs is 1. The van der Waals surface area contributed by atoms with Gasteiger partial charge in [-0.2, -0.15) is 0 Å². The molecule has 30 heavy (non-hydrogen) atoms. The number of aromatic nitrogens is 2. The van der Waals surface area contributed by atoms with Crippen molar-refractivity contribution in [3.05, 3.63) is 66.0 Å². The molecule has 4 heteroatoms. The maximum Gasteiger partial charge on any atom is 0.223 e. The summed E-state index contributed by atoms with van der Waals surface area (Å²) in [5.74, 6) is 1.70. The summed E-state index contributed by atoms with van der Waals surface area (Å²) in [5.41, 5.74) is 3.58. The van der Waals surface area contributed by atoms with Crippen molar-refractivity contribution in [2.75, 3.05) is 6.54 Å². The van der Waals surface area contributed by atoms with E-state index in [1.807, 2.05) is 0 Å². The Hall–Kier alpha value is -2.62. The average Bonchev–Trinajstić information content (AvgIpc) is 3.14. The number of para-hydroxylation sites is 2. The fourth-order valence-electron chi connectivity index (χ4n) is 4.56. The molecular formula is C26H33N3O. The van der Waals surface area contributed by atoms with Crippen LogP contribution in [0.3, 0.4) is 0 Å². The lowest BCUT2D eigenvalue weighted by Gasteiger charge is -2.20. The largest absolute Gasteiger partial charge is 0.356 e. The topological polar surface area (TPSA) is 46.9 Å². The van der Waals surface area contributed by atoms with Crippen molar-refractivity contribution in [2.24, 2.45) is 5.92 Å². The Bertz CT molecular complexity index is 941. The summed E-state index contributed by atoms with van der Waals surface area (Å²) < 4.78 is 2.36. The average molecular weight is 404 g/mol. The van der Waals surface area contributed by atoms with Gasteiger partial charge < -0.3 is 9.88 Å². The van der Waals surface area contributed by atoms with Gasteiger partial charge in [-0.3, -0.25) is 4.79 Å².